The average molecular weight is 505 g/mol. The molecule has 2 aromatic rings. The summed E-state index contributed by atoms with van der Waals surface area (Å²) in [6.07, 6.45) is 0. The maximum absolute atomic E-state index is 11.5. The van der Waals surface area contributed by atoms with Crippen LogP contribution < -0.4 is 8.37 Å². The number of carbonyl (C=O) groups is 2. The van der Waals surface area contributed by atoms with Crippen molar-refractivity contribution in [2.24, 2.45) is 0 Å². The number of hydrogen-bond acceptors (Lipinski definition) is 9. The van der Waals surface area contributed by atoms with Gasteiger partial charge in [0.05, 0.1) is 7.11 Å². The van der Waals surface area contributed by atoms with Gasteiger partial charge in [-0.2, -0.15) is 25.4 Å². The first-order valence-corrected chi connectivity index (χ1v) is 11.7. The maximum Gasteiger partial charge on any atom is 0.384 e. The third-order valence-electron chi connectivity index (χ3n) is 3.69. The molecule has 1 N–H and O–H groups in total. The van der Waals surface area contributed by atoms with Gasteiger partial charge < -0.3 is 18.2 Å². The van der Waals surface area contributed by atoms with Gasteiger partial charge in [0, 0.05) is 28.2 Å². The van der Waals surface area contributed by atoms with Gasteiger partial charge in [-0.25, -0.2) is 9.59 Å². The Morgan fingerprint density at radius 3 is 1.45 bits per heavy atom. The first-order chi connectivity index (χ1) is 15.2. The summed E-state index contributed by atoms with van der Waals surface area (Å²) in [5.74, 6) is -2.17. The van der Waals surface area contributed by atoms with Crippen molar-refractivity contribution in [3.05, 3.63) is 59.7 Å². The number of carboxylic acids is 1. The molecule has 12 nitrogen and oxygen atoms in total. The number of nitrogens with zero attached hydrogens (tertiary/aromatic N) is 2. The van der Waals surface area contributed by atoms with E-state index in [1.807, 2.05) is 0 Å². The number of aromatic carboxylic acids is 1. The van der Waals surface area contributed by atoms with E-state index in [1.165, 1.54) is 71.7 Å². The molecule has 0 unspecified atom stereocenters. The minimum Gasteiger partial charge on any atom is -0.478 e. The zero-order valence-electron chi connectivity index (χ0n) is 18.5. The highest BCUT2D eigenvalue weighted by molar-refractivity contribution is 7.84. The molecule has 2 rings (SSSR count). The number of esters is 1. The van der Waals surface area contributed by atoms with Crippen molar-refractivity contribution >= 4 is 32.5 Å². The van der Waals surface area contributed by atoms with E-state index in [0.717, 1.165) is 8.61 Å². The van der Waals surface area contributed by atoms with Crippen molar-refractivity contribution in [1.82, 2.24) is 8.61 Å². The van der Waals surface area contributed by atoms with Crippen molar-refractivity contribution in [2.45, 2.75) is 0 Å². The number of ether oxygens (including phenoxy) is 1. The smallest absolute Gasteiger partial charge is 0.384 e. The Morgan fingerprint density at radius 1 is 0.727 bits per heavy atom. The largest absolute Gasteiger partial charge is 0.478 e. The van der Waals surface area contributed by atoms with Gasteiger partial charge in [-0.1, -0.05) is 24.3 Å². The molecule has 0 fully saturated rings. The molecule has 0 saturated carbocycles. The van der Waals surface area contributed by atoms with Crippen LogP contribution >= 0.6 is 0 Å². The van der Waals surface area contributed by atoms with Crippen LogP contribution in [0, 0.1) is 0 Å². The second kappa shape index (κ2) is 11.6. The molecule has 14 heteroatoms. The highest BCUT2D eigenvalue weighted by Crippen LogP contribution is 2.21. The minimum absolute atomic E-state index is 0.0559. The van der Waals surface area contributed by atoms with Gasteiger partial charge in [0.1, 0.15) is 11.1 Å². The first-order valence-electron chi connectivity index (χ1n) is 8.96. The number of benzene rings is 2. The Morgan fingerprint density at radius 2 is 1.09 bits per heavy atom. The Hall–Kier alpha value is -3.20. The van der Waals surface area contributed by atoms with Gasteiger partial charge in [0.2, 0.25) is 0 Å². The number of rotatable bonds is 8. The fourth-order valence-corrected chi connectivity index (χ4v) is 2.95. The molecule has 2 aromatic carbocycles. The van der Waals surface area contributed by atoms with Gasteiger partial charge >= 0.3 is 32.5 Å². The molecule has 33 heavy (non-hydrogen) atoms. The lowest BCUT2D eigenvalue weighted by molar-refractivity contribution is 0.0597. The molecular formula is C19H24N2O10S2. The van der Waals surface area contributed by atoms with Crippen molar-refractivity contribution in [3.63, 3.8) is 0 Å². The minimum atomic E-state index is -3.94. The first kappa shape index (κ1) is 27.8. The molecule has 0 aliphatic carbocycles. The number of methoxy groups -OCH3 is 1. The molecule has 0 atom stereocenters. The molecule has 182 valence electrons. The fourth-order valence-electron chi connectivity index (χ4n) is 1.91. The highest BCUT2D eigenvalue weighted by Gasteiger charge is 2.21. The summed E-state index contributed by atoms with van der Waals surface area (Å²) in [5.41, 5.74) is -0.145. The maximum atomic E-state index is 11.5. The highest BCUT2D eigenvalue weighted by atomic mass is 32.2. The molecule has 0 heterocycles. The van der Waals surface area contributed by atoms with Crippen LogP contribution in [0.15, 0.2) is 48.5 Å². The number of carbonyl (C=O) groups excluding carboxylic acids is 1. The number of carboxylic acid groups (broad SMARTS) is 1. The molecule has 0 aliphatic rings. The van der Waals surface area contributed by atoms with Gasteiger partial charge in [-0.15, -0.1) is 0 Å². The van der Waals surface area contributed by atoms with Gasteiger partial charge in [0.15, 0.2) is 11.5 Å². The topological polar surface area (TPSA) is 157 Å². The molecule has 0 spiro atoms. The molecule has 0 radical (unpaired) electrons. The predicted molar refractivity (Wildman–Crippen MR) is 118 cm³/mol. The summed E-state index contributed by atoms with van der Waals surface area (Å²) < 4.78 is 61.6. The van der Waals surface area contributed by atoms with Crippen LogP contribution in [0.3, 0.4) is 0 Å². The lowest BCUT2D eigenvalue weighted by Gasteiger charge is -2.13. The molecule has 0 amide bonds. The summed E-state index contributed by atoms with van der Waals surface area (Å²) in [6.45, 7) is 0. The number of para-hydroxylation sites is 2. The van der Waals surface area contributed by atoms with Crippen LogP contribution in [0.5, 0.6) is 11.5 Å². The van der Waals surface area contributed by atoms with Crippen molar-refractivity contribution in [1.29, 1.82) is 0 Å². The van der Waals surface area contributed by atoms with Gasteiger partial charge in [0.25, 0.3) is 0 Å². The Kier molecular flexibility index (Phi) is 9.79. The zero-order valence-corrected chi connectivity index (χ0v) is 20.1. The molecule has 0 aromatic heterocycles. The van der Waals surface area contributed by atoms with Crippen molar-refractivity contribution < 1.29 is 44.6 Å². The van der Waals surface area contributed by atoms with Crippen LogP contribution in [0.4, 0.5) is 0 Å². The third-order valence-corrected chi connectivity index (χ3v) is 6.26. The van der Waals surface area contributed by atoms with Gasteiger partial charge in [-0.3, -0.25) is 0 Å². The van der Waals surface area contributed by atoms with E-state index in [2.05, 4.69) is 8.92 Å². The summed E-state index contributed by atoms with van der Waals surface area (Å²) in [5, 5.41) is 8.81. The Labute approximate surface area is 192 Å². The van der Waals surface area contributed by atoms with E-state index in [-0.39, 0.29) is 22.6 Å². The summed E-state index contributed by atoms with van der Waals surface area (Å²) in [4.78, 5) is 22.2. The van der Waals surface area contributed by atoms with E-state index in [4.69, 9.17) is 9.29 Å². The normalized spacial score (nSPS) is 11.4. The lowest BCUT2D eigenvalue weighted by Crippen LogP contribution is -2.27. The number of hydrogen-bond donors (Lipinski definition) is 1. The lowest BCUT2D eigenvalue weighted by atomic mass is 10.2. The summed E-state index contributed by atoms with van der Waals surface area (Å²) >= 11 is 0. The zero-order chi connectivity index (χ0) is 25.4. The second-order valence-electron chi connectivity index (χ2n) is 6.44. The average Bonchev–Trinajstić information content (AvgIpc) is 2.73. The third kappa shape index (κ3) is 8.02. The van der Waals surface area contributed by atoms with Crippen LogP contribution in [-0.4, -0.2) is 77.8 Å². The Bertz CT molecular complexity index is 1190. The summed E-state index contributed by atoms with van der Waals surface area (Å²) in [6, 6.07) is 11.5. The van der Waals surface area contributed by atoms with Crippen LogP contribution in [0.25, 0.3) is 0 Å². The van der Waals surface area contributed by atoms with E-state index >= 15 is 0 Å². The van der Waals surface area contributed by atoms with E-state index in [9.17, 15) is 26.4 Å². The quantitative estimate of drug-likeness (QED) is 0.519. The van der Waals surface area contributed by atoms with E-state index in [1.54, 1.807) is 12.1 Å². The van der Waals surface area contributed by atoms with E-state index < -0.39 is 32.5 Å². The molecule has 0 saturated heterocycles. The van der Waals surface area contributed by atoms with Crippen molar-refractivity contribution in [2.75, 3.05) is 35.3 Å². The van der Waals surface area contributed by atoms with Crippen LogP contribution in [0.1, 0.15) is 20.7 Å². The fraction of sp³-hybridized carbons (Fsp3) is 0.263. The second-order valence-corrected chi connectivity index (χ2v) is 9.94. The monoisotopic (exact) mass is 504 g/mol. The molecule has 0 bridgehead atoms. The predicted octanol–water partition coefficient (Wildman–Crippen LogP) is 1.23. The summed E-state index contributed by atoms with van der Waals surface area (Å²) in [7, 11) is -1.38. The van der Waals surface area contributed by atoms with Crippen LogP contribution in [0.2, 0.25) is 0 Å². The Balaban J connectivity index is 0.000000331. The SMILES string of the molecule is CN(C)S(=O)(=O)Oc1ccccc1C(=O)O.COC(=O)c1ccccc1OS(=O)(=O)N(C)C. The van der Waals surface area contributed by atoms with Crippen molar-refractivity contribution in [3.8, 4) is 11.5 Å². The molecular weight excluding hydrogens is 480 g/mol. The standard InChI is InChI=1S/C10H13NO5S.C9H11NO5S/c1-11(2)17(13,14)16-9-7-5-4-6-8(9)10(12)15-3;1-10(2)16(13,14)15-8-6-4-3-5-7(8)9(11)12/h4-7H,1-3H3;3-6H,1-2H3,(H,11,12). The van der Waals surface area contributed by atoms with Crippen LogP contribution in [-0.2, 0) is 25.3 Å². The molecule has 0 aliphatic heterocycles. The van der Waals surface area contributed by atoms with E-state index in [0.29, 0.717) is 0 Å². The van der Waals surface area contributed by atoms with Gasteiger partial charge in [-0.05, 0) is 24.3 Å².